The van der Waals surface area contributed by atoms with E-state index in [-0.39, 0.29) is 41.6 Å². The second-order valence-electron chi connectivity index (χ2n) is 16.4. The molecule has 0 saturated carbocycles. The van der Waals surface area contributed by atoms with Crippen molar-refractivity contribution in [1.29, 1.82) is 0 Å². The molecule has 0 bridgehead atoms. The van der Waals surface area contributed by atoms with E-state index in [1.54, 1.807) is 26.1 Å². The second-order valence-corrected chi connectivity index (χ2v) is 18.5. The largest absolute Gasteiger partial charge is 0.481 e. The average molecular weight is 899 g/mol. The van der Waals surface area contributed by atoms with Crippen LogP contribution in [0, 0.1) is 11.6 Å². The first kappa shape index (κ1) is 45.7. The fourth-order valence-corrected chi connectivity index (χ4v) is 9.22. The standard InChI is InChI=1S/C46H52F2N8O7S/c1-5-29(3)64(61,62)53-37-12-11-36(47)42(43(37)48)44(59)35-26-51-45(49-4)34(35)24-28(2)32-8-14-39(50-25-32)55-20-22-56(23-21-55)41(58)27-54-18-16-31(17-19-54)30-6-9-33(10-7-30)63-38-13-15-40(57)52-46(38)60/h6-12,14,24-26,29,31,38,51,53H,4-5,13,15-23,27H2,1-3H3,(H,52,57,60)/b28-24+. The number of aliphatic imine (C=N–C) groups is 1. The molecule has 338 valence electrons. The van der Waals surface area contributed by atoms with Gasteiger partial charge in [-0.05, 0) is 118 Å². The molecule has 3 aliphatic rings. The lowest BCUT2D eigenvalue weighted by atomic mass is 9.89. The summed E-state index contributed by atoms with van der Waals surface area (Å²) >= 11 is 0. The molecular weight excluding hydrogens is 847 g/mol. The maximum atomic E-state index is 15.7. The number of piperazine rings is 1. The lowest BCUT2D eigenvalue weighted by molar-refractivity contribution is -0.139. The van der Waals surface area contributed by atoms with Crippen molar-refractivity contribution in [3.63, 3.8) is 0 Å². The van der Waals surface area contributed by atoms with Crippen molar-refractivity contribution < 1.29 is 41.1 Å². The number of carbonyl (C=O) groups excluding carboxylic acids is 4. The lowest BCUT2D eigenvalue weighted by Crippen LogP contribution is -2.52. The molecule has 0 spiro atoms. The van der Waals surface area contributed by atoms with Crippen LogP contribution in [0.15, 0.2) is 65.9 Å². The maximum Gasteiger partial charge on any atom is 0.267 e. The fourth-order valence-electron chi connectivity index (χ4n) is 8.11. The van der Waals surface area contributed by atoms with Crippen molar-refractivity contribution in [2.24, 2.45) is 4.99 Å². The van der Waals surface area contributed by atoms with Crippen molar-refractivity contribution in [1.82, 2.24) is 25.1 Å². The zero-order valence-corrected chi connectivity index (χ0v) is 36.8. The average Bonchev–Trinajstić information content (AvgIpc) is 3.70. The number of hydrogen-bond donors (Lipinski definition) is 3. The van der Waals surface area contributed by atoms with Crippen molar-refractivity contribution >= 4 is 69.2 Å². The topological polar surface area (TPSA) is 186 Å². The Kier molecular flexibility index (Phi) is 14.0. The van der Waals surface area contributed by atoms with Gasteiger partial charge in [0.1, 0.15) is 23.2 Å². The molecule has 4 aromatic rings. The Morgan fingerprint density at radius 2 is 1.73 bits per heavy atom. The van der Waals surface area contributed by atoms with E-state index >= 15 is 8.78 Å². The molecule has 5 heterocycles. The zero-order valence-electron chi connectivity index (χ0n) is 36.0. The highest BCUT2D eigenvalue weighted by atomic mass is 32.2. The Bertz CT molecular complexity index is 2550. The van der Waals surface area contributed by atoms with Crippen LogP contribution in [0.2, 0.25) is 0 Å². The number of nitrogens with zero attached hydrogens (tertiary/aromatic N) is 5. The van der Waals surface area contributed by atoms with E-state index in [9.17, 15) is 27.6 Å². The number of carbonyl (C=O) groups is 4. The summed E-state index contributed by atoms with van der Waals surface area (Å²) in [6, 6.07) is 13.3. The summed E-state index contributed by atoms with van der Waals surface area (Å²) in [6.45, 7) is 12.8. The minimum Gasteiger partial charge on any atom is -0.481 e. The number of anilines is 2. The minimum atomic E-state index is -4.00. The number of ketones is 1. The van der Waals surface area contributed by atoms with Crippen LogP contribution in [0.3, 0.4) is 0 Å². The van der Waals surface area contributed by atoms with Crippen molar-refractivity contribution in [3.05, 3.63) is 100 Å². The third-order valence-corrected chi connectivity index (χ3v) is 14.2. The lowest BCUT2D eigenvalue weighted by Gasteiger charge is -2.37. The predicted molar refractivity (Wildman–Crippen MR) is 240 cm³/mol. The monoisotopic (exact) mass is 898 g/mol. The normalized spacial score (nSPS) is 18.4. The number of allylic oxidation sites excluding steroid dienone is 1. The molecule has 3 amide bonds. The third-order valence-electron chi connectivity index (χ3n) is 12.3. The number of amides is 3. The Morgan fingerprint density at radius 3 is 2.38 bits per heavy atom. The van der Waals surface area contributed by atoms with Crippen LogP contribution < -0.4 is 19.7 Å². The van der Waals surface area contributed by atoms with Gasteiger partial charge in [-0.2, -0.15) is 0 Å². The van der Waals surface area contributed by atoms with Gasteiger partial charge in [0, 0.05) is 62.5 Å². The van der Waals surface area contributed by atoms with Crippen LogP contribution in [-0.4, -0.2) is 116 Å². The van der Waals surface area contributed by atoms with Gasteiger partial charge in [-0.25, -0.2) is 27.2 Å². The smallest absolute Gasteiger partial charge is 0.267 e. The maximum absolute atomic E-state index is 15.7. The summed E-state index contributed by atoms with van der Waals surface area (Å²) in [5.41, 5.74) is 1.27. The third kappa shape index (κ3) is 10.2. The van der Waals surface area contributed by atoms with Crippen LogP contribution in [0.5, 0.6) is 5.75 Å². The van der Waals surface area contributed by atoms with Crippen LogP contribution in [0.25, 0.3) is 11.6 Å². The number of benzene rings is 2. The molecule has 0 aliphatic carbocycles. The van der Waals surface area contributed by atoms with Gasteiger partial charge in [0.2, 0.25) is 27.6 Å². The Hall–Kier alpha value is -6.27. The highest BCUT2D eigenvalue weighted by Gasteiger charge is 2.31. The molecule has 2 aromatic heterocycles. The van der Waals surface area contributed by atoms with E-state index in [4.69, 9.17) is 4.74 Å². The van der Waals surface area contributed by atoms with Crippen LogP contribution in [0.1, 0.15) is 91.4 Å². The number of likely N-dealkylation sites (tertiary alicyclic amines) is 1. The van der Waals surface area contributed by atoms with Crippen molar-refractivity contribution in [3.8, 4) is 5.75 Å². The van der Waals surface area contributed by atoms with Gasteiger partial charge < -0.3 is 19.5 Å². The van der Waals surface area contributed by atoms with Crippen molar-refractivity contribution in [2.45, 2.75) is 70.1 Å². The summed E-state index contributed by atoms with van der Waals surface area (Å²) in [4.78, 5) is 68.3. The van der Waals surface area contributed by atoms with E-state index in [1.807, 2.05) is 41.3 Å². The first-order valence-corrected chi connectivity index (χ1v) is 22.9. The van der Waals surface area contributed by atoms with Gasteiger partial charge in [-0.15, -0.1) is 0 Å². The number of aromatic amines is 1. The zero-order chi connectivity index (χ0) is 45.7. The molecule has 3 N–H and O–H groups in total. The number of H-pyrrole nitrogens is 1. The second kappa shape index (κ2) is 19.6. The van der Waals surface area contributed by atoms with Crippen LogP contribution >= 0.6 is 0 Å². The molecule has 3 aliphatic heterocycles. The first-order valence-electron chi connectivity index (χ1n) is 21.4. The number of imide groups is 1. The molecule has 15 nitrogen and oxygen atoms in total. The van der Waals surface area contributed by atoms with E-state index in [2.05, 4.69) is 41.5 Å². The molecule has 3 saturated heterocycles. The number of rotatable bonds is 15. The van der Waals surface area contributed by atoms with Gasteiger partial charge in [0.15, 0.2) is 11.9 Å². The highest BCUT2D eigenvalue weighted by molar-refractivity contribution is 7.93. The Labute approximate surface area is 371 Å². The summed E-state index contributed by atoms with van der Waals surface area (Å²) in [5.74, 6) is -2.21. The molecule has 7 rings (SSSR count). The van der Waals surface area contributed by atoms with E-state index in [0.29, 0.717) is 61.9 Å². The highest BCUT2D eigenvalue weighted by Crippen LogP contribution is 2.33. The van der Waals surface area contributed by atoms with E-state index in [1.165, 1.54) is 18.7 Å². The molecule has 0 radical (unpaired) electrons. The number of piperidine rings is 2. The number of nitrogens with one attached hydrogen (secondary N) is 3. The Balaban J connectivity index is 0.913. The molecule has 3 fully saturated rings. The van der Waals surface area contributed by atoms with Crippen molar-refractivity contribution in [2.75, 3.05) is 55.4 Å². The van der Waals surface area contributed by atoms with Crippen LogP contribution in [-0.2, 0) is 24.4 Å². The van der Waals surface area contributed by atoms with Gasteiger partial charge in [-0.3, -0.25) is 34.1 Å². The summed E-state index contributed by atoms with van der Waals surface area (Å²) < 4.78 is 64.1. The SMILES string of the molecule is C=Nc1[nH]cc(C(=O)c2c(F)ccc(NS(=O)(=O)C(C)CC)c2F)c1/C=C(\C)c1ccc(N2CCN(C(=O)CN3CCC(c4ccc(OC5CCC(=O)NC5=O)cc4)CC3)CC2)nc1. The van der Waals surface area contributed by atoms with Crippen LogP contribution in [0.4, 0.5) is 26.1 Å². The van der Waals surface area contributed by atoms with Gasteiger partial charge >= 0.3 is 0 Å². The summed E-state index contributed by atoms with van der Waals surface area (Å²) in [7, 11) is -4.00. The number of hydrogen-bond acceptors (Lipinski definition) is 11. The first-order chi connectivity index (χ1) is 30.6. The van der Waals surface area contributed by atoms with Gasteiger partial charge in [0.25, 0.3) is 5.91 Å². The molecule has 2 aromatic carbocycles. The molecule has 2 unspecified atom stereocenters. The number of pyridine rings is 1. The number of ether oxygens (including phenoxy) is 1. The predicted octanol–water partition coefficient (Wildman–Crippen LogP) is 6.06. The number of sulfonamides is 1. The Morgan fingerprint density at radius 1 is 1.02 bits per heavy atom. The van der Waals surface area contributed by atoms with Gasteiger partial charge in [0.05, 0.1) is 23.0 Å². The fraction of sp³-hybridized carbons (Fsp3) is 0.391. The minimum absolute atomic E-state index is 0.0915. The number of halogens is 2. The number of aromatic nitrogens is 2. The molecule has 2 atom stereocenters. The summed E-state index contributed by atoms with van der Waals surface area (Å²) in [6.07, 6.45) is 6.65. The summed E-state index contributed by atoms with van der Waals surface area (Å²) in [5, 5.41) is 1.46. The van der Waals surface area contributed by atoms with E-state index < -0.39 is 56.0 Å². The quantitative estimate of drug-likeness (QED) is 0.0720. The molecular formula is C46H52F2N8O7S. The van der Waals surface area contributed by atoms with E-state index in [0.717, 1.165) is 43.9 Å². The molecule has 64 heavy (non-hydrogen) atoms. The van der Waals surface area contributed by atoms with Gasteiger partial charge in [-0.1, -0.05) is 19.1 Å². The molecule has 18 heteroatoms.